The fourth-order valence-electron chi connectivity index (χ4n) is 5.12. The van der Waals surface area contributed by atoms with Crippen molar-refractivity contribution in [1.82, 2.24) is 5.32 Å². The third kappa shape index (κ3) is 3.41. The van der Waals surface area contributed by atoms with E-state index in [1.54, 1.807) is 6.07 Å². The average Bonchev–Trinajstić information content (AvgIpc) is 3.05. The molecular formula is C25H24F3N5O. The lowest BCUT2D eigenvalue weighted by Gasteiger charge is -2.43. The molecular weight excluding hydrogens is 443 g/mol. The van der Waals surface area contributed by atoms with Gasteiger partial charge in [-0.2, -0.15) is 18.4 Å². The molecule has 0 atom stereocenters. The van der Waals surface area contributed by atoms with Gasteiger partial charge in [-0.05, 0) is 61.7 Å². The summed E-state index contributed by atoms with van der Waals surface area (Å²) in [6.07, 6.45) is -2.66. The number of nitrogens with one attached hydrogen (secondary N) is 1. The molecule has 3 fully saturated rings. The van der Waals surface area contributed by atoms with Crippen LogP contribution in [0.25, 0.3) is 0 Å². The molecule has 34 heavy (non-hydrogen) atoms. The van der Waals surface area contributed by atoms with Crippen molar-refractivity contribution in [2.24, 2.45) is 0 Å². The van der Waals surface area contributed by atoms with Crippen LogP contribution in [0.1, 0.15) is 30.4 Å². The number of carbonyl (C=O) groups is 1. The zero-order valence-electron chi connectivity index (χ0n) is 18.5. The van der Waals surface area contributed by atoms with Gasteiger partial charge in [0.05, 0.1) is 22.9 Å². The van der Waals surface area contributed by atoms with Gasteiger partial charge in [-0.1, -0.05) is 6.58 Å². The molecule has 1 aliphatic carbocycles. The van der Waals surface area contributed by atoms with Crippen molar-refractivity contribution in [3.8, 4) is 6.07 Å². The molecule has 176 valence electrons. The Morgan fingerprint density at radius 1 is 1.00 bits per heavy atom. The van der Waals surface area contributed by atoms with Gasteiger partial charge in [0.25, 0.3) is 5.91 Å². The number of piperazine rings is 1. The summed E-state index contributed by atoms with van der Waals surface area (Å²) in [5.41, 5.74) is -0.457. The first kappa shape index (κ1) is 22.3. The predicted molar refractivity (Wildman–Crippen MR) is 123 cm³/mol. The van der Waals surface area contributed by atoms with Crippen molar-refractivity contribution in [2.75, 3.05) is 40.9 Å². The standard InChI is InChI=1S/C25H24F3N5O/c1-17-32(21-4-3-18(16-29)22(15-21)25(26,27)28)23(34)24(9-2-10-24)33(17)20-7-5-19(6-8-20)31-13-11-30-12-14-31/h3-8,15,30H,1-2,9-14H2. The first-order chi connectivity index (χ1) is 16.3. The van der Waals surface area contributed by atoms with Crippen LogP contribution in [0.3, 0.4) is 0 Å². The Morgan fingerprint density at radius 3 is 2.18 bits per heavy atom. The monoisotopic (exact) mass is 467 g/mol. The van der Waals surface area contributed by atoms with Gasteiger partial charge in [-0.3, -0.25) is 9.69 Å². The summed E-state index contributed by atoms with van der Waals surface area (Å²) in [6, 6.07) is 12.8. The molecule has 6 nitrogen and oxygen atoms in total. The Morgan fingerprint density at radius 2 is 1.62 bits per heavy atom. The lowest BCUT2D eigenvalue weighted by molar-refractivity contribution is -0.137. The Kier molecular flexibility index (Phi) is 5.29. The van der Waals surface area contributed by atoms with E-state index in [4.69, 9.17) is 5.26 Å². The van der Waals surface area contributed by atoms with E-state index in [2.05, 4.69) is 16.8 Å². The normalized spacial score (nSPS) is 20.0. The Labute approximate surface area is 195 Å². The average molecular weight is 467 g/mol. The number of hydrogen-bond donors (Lipinski definition) is 1. The fraction of sp³-hybridized carbons (Fsp3) is 0.360. The number of hydrogen-bond acceptors (Lipinski definition) is 5. The molecule has 2 aromatic rings. The maximum atomic E-state index is 13.6. The van der Waals surface area contributed by atoms with Crippen LogP contribution in [0.2, 0.25) is 0 Å². The van der Waals surface area contributed by atoms with Crippen molar-refractivity contribution in [3.05, 3.63) is 66.0 Å². The van der Waals surface area contributed by atoms with Crippen molar-refractivity contribution in [1.29, 1.82) is 5.26 Å². The van der Waals surface area contributed by atoms with Gasteiger partial charge < -0.3 is 15.1 Å². The minimum Gasteiger partial charge on any atom is -0.369 e. The largest absolute Gasteiger partial charge is 0.417 e. The molecule has 0 bridgehead atoms. The van der Waals surface area contributed by atoms with Crippen molar-refractivity contribution < 1.29 is 18.0 Å². The first-order valence-electron chi connectivity index (χ1n) is 11.3. The van der Waals surface area contributed by atoms with E-state index in [1.807, 2.05) is 29.2 Å². The Hall–Kier alpha value is -3.51. The SMILES string of the molecule is C=C1N(c2ccc(C#N)c(C(F)(F)F)c2)C(=O)C2(CCC2)N1c1ccc(N2CCNCC2)cc1. The summed E-state index contributed by atoms with van der Waals surface area (Å²) in [5.74, 6) is 0.0326. The van der Waals surface area contributed by atoms with E-state index in [9.17, 15) is 18.0 Å². The highest BCUT2D eigenvalue weighted by Crippen LogP contribution is 2.51. The van der Waals surface area contributed by atoms with Gasteiger partial charge in [-0.15, -0.1) is 0 Å². The van der Waals surface area contributed by atoms with E-state index in [0.29, 0.717) is 18.7 Å². The highest BCUT2D eigenvalue weighted by atomic mass is 19.4. The molecule has 2 aliphatic heterocycles. The molecule has 1 N–H and O–H groups in total. The minimum atomic E-state index is -4.71. The van der Waals surface area contributed by atoms with Crippen molar-refractivity contribution >= 4 is 23.0 Å². The zero-order chi connectivity index (χ0) is 24.1. The van der Waals surface area contributed by atoms with Crippen LogP contribution in [0.15, 0.2) is 54.9 Å². The second-order valence-electron chi connectivity index (χ2n) is 8.87. The van der Waals surface area contributed by atoms with Crippen LogP contribution in [-0.2, 0) is 11.0 Å². The molecule has 0 unspecified atom stereocenters. The Balaban J connectivity index is 1.51. The van der Waals surface area contributed by atoms with Gasteiger partial charge in [-0.25, -0.2) is 0 Å². The molecule has 3 aliphatic rings. The highest BCUT2D eigenvalue weighted by Gasteiger charge is 2.58. The molecule has 5 rings (SSSR count). The lowest BCUT2D eigenvalue weighted by Crippen LogP contribution is -2.54. The zero-order valence-corrected chi connectivity index (χ0v) is 18.5. The lowest BCUT2D eigenvalue weighted by atomic mass is 9.75. The van der Waals surface area contributed by atoms with Crippen LogP contribution in [0, 0.1) is 11.3 Å². The highest BCUT2D eigenvalue weighted by molar-refractivity contribution is 6.11. The number of alkyl halides is 3. The summed E-state index contributed by atoms with van der Waals surface area (Å²) in [5, 5.41) is 12.4. The van der Waals surface area contributed by atoms with Crippen LogP contribution in [0.4, 0.5) is 30.2 Å². The Bertz CT molecular complexity index is 1170. The van der Waals surface area contributed by atoms with Gasteiger partial charge in [0.1, 0.15) is 11.4 Å². The van der Waals surface area contributed by atoms with Crippen LogP contribution in [0.5, 0.6) is 0 Å². The van der Waals surface area contributed by atoms with E-state index in [-0.39, 0.29) is 11.6 Å². The molecule has 2 saturated heterocycles. The number of nitrogens with zero attached hydrogens (tertiary/aromatic N) is 4. The van der Waals surface area contributed by atoms with Gasteiger partial charge in [0.2, 0.25) is 0 Å². The van der Waals surface area contributed by atoms with E-state index >= 15 is 0 Å². The van der Waals surface area contributed by atoms with Crippen LogP contribution < -0.4 is 20.0 Å². The molecule has 2 heterocycles. The number of anilines is 3. The number of halogens is 3. The van der Waals surface area contributed by atoms with Crippen molar-refractivity contribution in [3.63, 3.8) is 0 Å². The maximum absolute atomic E-state index is 13.6. The quantitative estimate of drug-likeness (QED) is 0.732. The van der Waals surface area contributed by atoms with Gasteiger partial charge in [0, 0.05) is 37.6 Å². The van der Waals surface area contributed by atoms with Crippen molar-refractivity contribution in [2.45, 2.75) is 31.0 Å². The minimum absolute atomic E-state index is 0.0625. The van der Waals surface area contributed by atoms with Crippen LogP contribution in [-0.4, -0.2) is 37.6 Å². The molecule has 0 radical (unpaired) electrons. The first-order valence-corrected chi connectivity index (χ1v) is 11.3. The molecule has 0 aromatic heterocycles. The third-order valence-electron chi connectivity index (χ3n) is 7.00. The second kappa shape index (κ2) is 8.06. The maximum Gasteiger partial charge on any atom is 0.417 e. The molecule has 1 saturated carbocycles. The van der Waals surface area contributed by atoms with Gasteiger partial charge in [0.15, 0.2) is 0 Å². The summed E-state index contributed by atoms with van der Waals surface area (Å²) in [4.78, 5) is 19.0. The summed E-state index contributed by atoms with van der Waals surface area (Å²) in [7, 11) is 0. The summed E-state index contributed by atoms with van der Waals surface area (Å²) >= 11 is 0. The molecule has 2 aromatic carbocycles. The van der Waals surface area contributed by atoms with Crippen LogP contribution >= 0.6 is 0 Å². The number of carbonyl (C=O) groups excluding carboxylic acids is 1. The number of amides is 1. The van der Waals surface area contributed by atoms with Gasteiger partial charge >= 0.3 is 6.18 Å². The third-order valence-corrected chi connectivity index (χ3v) is 7.00. The summed E-state index contributed by atoms with van der Waals surface area (Å²) < 4.78 is 40.7. The smallest absolute Gasteiger partial charge is 0.369 e. The van der Waals surface area contributed by atoms with E-state index in [0.717, 1.165) is 56.1 Å². The summed E-state index contributed by atoms with van der Waals surface area (Å²) in [6.45, 7) is 7.76. The fourth-order valence-corrected chi connectivity index (χ4v) is 5.12. The number of nitriles is 1. The van der Waals surface area contributed by atoms with E-state index in [1.165, 1.54) is 11.0 Å². The van der Waals surface area contributed by atoms with E-state index < -0.39 is 22.8 Å². The topological polar surface area (TPSA) is 62.6 Å². The number of rotatable bonds is 3. The molecule has 1 spiro atoms. The predicted octanol–water partition coefficient (Wildman–Crippen LogP) is 4.23. The number of benzene rings is 2. The molecule has 9 heteroatoms. The molecule has 1 amide bonds. The second-order valence-corrected chi connectivity index (χ2v) is 8.87.